The highest BCUT2D eigenvalue weighted by molar-refractivity contribution is 5.56. The van der Waals surface area contributed by atoms with Crippen molar-refractivity contribution in [1.29, 1.82) is 0 Å². The molecule has 0 fully saturated rings. The number of rotatable bonds is 4. The predicted octanol–water partition coefficient (Wildman–Crippen LogP) is 1.30. The highest BCUT2D eigenvalue weighted by atomic mass is 19.1. The van der Waals surface area contributed by atoms with Crippen LogP contribution < -0.4 is 15.6 Å². The highest BCUT2D eigenvalue weighted by Gasteiger charge is 2.08. The van der Waals surface area contributed by atoms with Gasteiger partial charge in [-0.3, -0.25) is 4.79 Å². The van der Waals surface area contributed by atoms with Crippen LogP contribution in [0.5, 0.6) is 5.75 Å². The van der Waals surface area contributed by atoms with Gasteiger partial charge < -0.3 is 15.0 Å². The molecule has 0 radical (unpaired) electrons. The van der Waals surface area contributed by atoms with Crippen LogP contribution in [-0.4, -0.2) is 24.1 Å². The Balaban J connectivity index is 2.39. The van der Waals surface area contributed by atoms with Gasteiger partial charge in [-0.05, 0) is 25.2 Å². The van der Waals surface area contributed by atoms with Crippen LogP contribution in [0.3, 0.4) is 0 Å². The molecule has 0 aliphatic carbocycles. The summed E-state index contributed by atoms with van der Waals surface area (Å²) in [6.45, 7) is 0.430. The molecule has 5 nitrogen and oxygen atoms in total. The molecule has 0 amide bonds. The van der Waals surface area contributed by atoms with E-state index in [-0.39, 0.29) is 11.3 Å². The molecule has 2 N–H and O–H groups in total. The van der Waals surface area contributed by atoms with E-state index >= 15 is 0 Å². The van der Waals surface area contributed by atoms with Crippen LogP contribution in [0.4, 0.5) is 4.39 Å². The lowest BCUT2D eigenvalue weighted by Crippen LogP contribution is -2.19. The first kappa shape index (κ1) is 13.2. The summed E-state index contributed by atoms with van der Waals surface area (Å²) in [7, 11) is 3.14. The number of aromatic amines is 1. The van der Waals surface area contributed by atoms with E-state index in [1.165, 1.54) is 25.4 Å². The molecule has 0 saturated carbocycles. The van der Waals surface area contributed by atoms with E-state index in [2.05, 4.69) is 15.3 Å². The minimum Gasteiger partial charge on any atom is -0.494 e. The van der Waals surface area contributed by atoms with Crippen molar-refractivity contribution in [2.24, 2.45) is 0 Å². The second-order valence-corrected chi connectivity index (χ2v) is 3.97. The summed E-state index contributed by atoms with van der Waals surface area (Å²) < 4.78 is 18.4. The van der Waals surface area contributed by atoms with Crippen molar-refractivity contribution in [2.75, 3.05) is 14.2 Å². The van der Waals surface area contributed by atoms with Gasteiger partial charge in [-0.2, -0.15) is 0 Å². The number of methoxy groups -OCH3 is 1. The number of nitrogens with one attached hydrogen (secondary N) is 2. The van der Waals surface area contributed by atoms with Crippen LogP contribution in [0.25, 0.3) is 11.4 Å². The second-order valence-electron chi connectivity index (χ2n) is 3.97. The van der Waals surface area contributed by atoms with Gasteiger partial charge >= 0.3 is 0 Å². The molecule has 0 bridgehead atoms. The molecule has 1 aromatic carbocycles. The normalized spacial score (nSPS) is 10.5. The molecule has 0 saturated heterocycles. The summed E-state index contributed by atoms with van der Waals surface area (Å²) >= 11 is 0. The Bertz CT molecular complexity index is 640. The SMILES string of the molecule is CNCc1cnc(-c2ccc(OC)c(F)c2)[nH]c1=O. The van der Waals surface area contributed by atoms with Gasteiger partial charge in [-0.1, -0.05) is 0 Å². The molecule has 1 heterocycles. The molecule has 0 aliphatic heterocycles. The highest BCUT2D eigenvalue weighted by Crippen LogP contribution is 2.22. The van der Waals surface area contributed by atoms with Gasteiger partial charge in [0.25, 0.3) is 5.56 Å². The van der Waals surface area contributed by atoms with Crippen LogP contribution >= 0.6 is 0 Å². The molecule has 2 rings (SSSR count). The van der Waals surface area contributed by atoms with E-state index in [4.69, 9.17) is 4.74 Å². The molecular weight excluding hydrogens is 249 g/mol. The monoisotopic (exact) mass is 263 g/mol. The average Bonchev–Trinajstić information content (AvgIpc) is 2.41. The van der Waals surface area contributed by atoms with Crippen LogP contribution in [0, 0.1) is 5.82 Å². The van der Waals surface area contributed by atoms with E-state index in [1.807, 2.05) is 0 Å². The van der Waals surface area contributed by atoms with Gasteiger partial charge in [-0.25, -0.2) is 9.37 Å². The predicted molar refractivity (Wildman–Crippen MR) is 69.6 cm³/mol. The summed E-state index contributed by atoms with van der Waals surface area (Å²) in [5.41, 5.74) is 0.780. The van der Waals surface area contributed by atoms with Crippen molar-refractivity contribution in [3.8, 4) is 17.1 Å². The fraction of sp³-hybridized carbons (Fsp3) is 0.231. The second kappa shape index (κ2) is 5.62. The third-order valence-electron chi connectivity index (χ3n) is 2.67. The summed E-state index contributed by atoms with van der Waals surface area (Å²) in [5.74, 6) is -0.0220. The first-order chi connectivity index (χ1) is 9.15. The van der Waals surface area contributed by atoms with Gasteiger partial charge in [0.15, 0.2) is 11.6 Å². The van der Waals surface area contributed by atoms with Crippen molar-refractivity contribution in [3.63, 3.8) is 0 Å². The number of halogens is 1. The van der Waals surface area contributed by atoms with Crippen LogP contribution in [0.1, 0.15) is 5.56 Å². The number of hydrogen-bond donors (Lipinski definition) is 2. The maximum Gasteiger partial charge on any atom is 0.255 e. The van der Waals surface area contributed by atoms with Gasteiger partial charge in [-0.15, -0.1) is 0 Å². The maximum atomic E-state index is 13.6. The Labute approximate surface area is 109 Å². The first-order valence-corrected chi connectivity index (χ1v) is 5.72. The molecule has 100 valence electrons. The van der Waals surface area contributed by atoms with Crippen molar-refractivity contribution in [2.45, 2.75) is 6.54 Å². The van der Waals surface area contributed by atoms with Crippen LogP contribution in [0.15, 0.2) is 29.2 Å². The first-order valence-electron chi connectivity index (χ1n) is 5.72. The third kappa shape index (κ3) is 2.79. The Morgan fingerprint density at radius 3 is 2.84 bits per heavy atom. The standard InChI is InChI=1S/C13H14FN3O2/c1-15-6-9-7-16-12(17-13(9)18)8-3-4-11(19-2)10(14)5-8/h3-5,7,15H,6H2,1-2H3,(H,16,17,18). The molecule has 0 spiro atoms. The van der Waals surface area contributed by atoms with E-state index < -0.39 is 5.82 Å². The van der Waals surface area contributed by atoms with Gasteiger partial charge in [0.05, 0.1) is 7.11 Å². The van der Waals surface area contributed by atoms with Gasteiger partial charge in [0, 0.05) is 23.9 Å². The van der Waals surface area contributed by atoms with Crippen LogP contribution in [-0.2, 0) is 6.54 Å². The minimum atomic E-state index is -0.498. The third-order valence-corrected chi connectivity index (χ3v) is 2.67. The lowest BCUT2D eigenvalue weighted by Gasteiger charge is -2.05. The number of benzene rings is 1. The van der Waals surface area contributed by atoms with Crippen molar-refractivity contribution >= 4 is 0 Å². The maximum absolute atomic E-state index is 13.6. The van der Waals surface area contributed by atoms with Crippen molar-refractivity contribution in [3.05, 3.63) is 46.1 Å². The van der Waals surface area contributed by atoms with Crippen LogP contribution in [0.2, 0.25) is 0 Å². The molecule has 2 aromatic rings. The zero-order valence-electron chi connectivity index (χ0n) is 10.7. The van der Waals surface area contributed by atoms with Gasteiger partial charge in [0.1, 0.15) is 5.82 Å². The van der Waals surface area contributed by atoms with Gasteiger partial charge in [0.2, 0.25) is 0 Å². The number of aromatic nitrogens is 2. The summed E-state index contributed by atoms with van der Waals surface area (Å²) in [6, 6.07) is 4.40. The Morgan fingerprint density at radius 2 is 2.26 bits per heavy atom. The van der Waals surface area contributed by atoms with E-state index in [0.29, 0.717) is 23.5 Å². The summed E-state index contributed by atoms with van der Waals surface area (Å²) in [5, 5.41) is 2.87. The Hall–Kier alpha value is -2.21. The number of H-pyrrole nitrogens is 1. The van der Waals surface area contributed by atoms with E-state index in [0.717, 1.165) is 0 Å². The molecular formula is C13H14FN3O2. The molecule has 0 aliphatic rings. The summed E-state index contributed by atoms with van der Waals surface area (Å²) in [6.07, 6.45) is 1.48. The lowest BCUT2D eigenvalue weighted by atomic mass is 10.2. The zero-order valence-corrected chi connectivity index (χ0v) is 10.7. The van der Waals surface area contributed by atoms with E-state index in [1.54, 1.807) is 13.1 Å². The zero-order chi connectivity index (χ0) is 13.8. The molecule has 0 atom stereocenters. The fourth-order valence-electron chi connectivity index (χ4n) is 1.70. The molecule has 1 aromatic heterocycles. The minimum absolute atomic E-state index is 0.151. The fourth-order valence-corrected chi connectivity index (χ4v) is 1.70. The number of hydrogen-bond acceptors (Lipinski definition) is 4. The number of ether oxygens (including phenoxy) is 1. The Morgan fingerprint density at radius 1 is 1.47 bits per heavy atom. The molecule has 0 unspecified atom stereocenters. The quantitative estimate of drug-likeness (QED) is 0.872. The van der Waals surface area contributed by atoms with E-state index in [9.17, 15) is 9.18 Å². The van der Waals surface area contributed by atoms with Crippen molar-refractivity contribution in [1.82, 2.24) is 15.3 Å². The smallest absolute Gasteiger partial charge is 0.255 e. The average molecular weight is 263 g/mol. The molecule has 19 heavy (non-hydrogen) atoms. The Kier molecular flexibility index (Phi) is 3.91. The topological polar surface area (TPSA) is 67.0 Å². The number of nitrogens with zero attached hydrogens (tertiary/aromatic N) is 1. The van der Waals surface area contributed by atoms with Crippen molar-refractivity contribution < 1.29 is 9.13 Å². The largest absolute Gasteiger partial charge is 0.494 e. The summed E-state index contributed by atoms with van der Waals surface area (Å²) in [4.78, 5) is 18.5. The lowest BCUT2D eigenvalue weighted by molar-refractivity contribution is 0.386. The molecule has 6 heteroatoms.